The minimum Gasteiger partial charge on any atom is -0.489 e. The molecule has 0 N–H and O–H groups in total. The van der Waals surface area contributed by atoms with E-state index >= 15 is 0 Å². The third-order valence-corrected chi connectivity index (χ3v) is 3.36. The standard InChI is InChI=1S/C14H20ClFN2O/c1-14(2,16)10-18-7-5-11(6-8-18)19-12-3-4-13(15)17-9-12/h3-4,9,11H,5-8,10H2,1-2H3. The fourth-order valence-electron chi connectivity index (χ4n) is 2.34. The lowest BCUT2D eigenvalue weighted by molar-refractivity contribution is 0.0627. The number of nitrogens with zero attached hydrogens (tertiary/aromatic N) is 2. The number of alkyl halides is 1. The van der Waals surface area contributed by atoms with Crippen molar-refractivity contribution in [3.63, 3.8) is 0 Å². The van der Waals surface area contributed by atoms with Crippen LogP contribution in [0, 0.1) is 0 Å². The molecule has 0 unspecified atom stereocenters. The maximum Gasteiger partial charge on any atom is 0.138 e. The Kier molecular flexibility index (Phi) is 4.63. The van der Waals surface area contributed by atoms with Crippen molar-refractivity contribution in [1.29, 1.82) is 0 Å². The Morgan fingerprint density at radius 2 is 2.11 bits per heavy atom. The van der Waals surface area contributed by atoms with Crippen LogP contribution in [0.15, 0.2) is 18.3 Å². The molecule has 0 bridgehead atoms. The highest BCUT2D eigenvalue weighted by atomic mass is 35.5. The Morgan fingerprint density at radius 1 is 1.42 bits per heavy atom. The first-order valence-electron chi connectivity index (χ1n) is 6.62. The predicted molar refractivity (Wildman–Crippen MR) is 74.5 cm³/mol. The molecule has 0 atom stereocenters. The molecule has 1 aliphatic rings. The Hall–Kier alpha value is -0.870. The first kappa shape index (κ1) is 14.5. The number of halogens is 2. The number of rotatable bonds is 4. The van der Waals surface area contributed by atoms with Crippen molar-refractivity contribution >= 4 is 11.6 Å². The number of hydrogen-bond donors (Lipinski definition) is 0. The summed E-state index contributed by atoms with van der Waals surface area (Å²) in [6, 6.07) is 3.55. The van der Waals surface area contributed by atoms with E-state index < -0.39 is 5.67 Å². The predicted octanol–water partition coefficient (Wildman–Crippen LogP) is 3.33. The van der Waals surface area contributed by atoms with Crippen LogP contribution in [0.5, 0.6) is 5.75 Å². The summed E-state index contributed by atoms with van der Waals surface area (Å²) in [6.07, 6.45) is 3.65. The molecule has 0 aromatic carbocycles. The molecule has 19 heavy (non-hydrogen) atoms. The van der Waals surface area contributed by atoms with Crippen LogP contribution < -0.4 is 4.74 Å². The maximum atomic E-state index is 13.6. The molecule has 0 radical (unpaired) electrons. The Balaban J connectivity index is 1.79. The summed E-state index contributed by atoms with van der Waals surface area (Å²) in [7, 11) is 0. The van der Waals surface area contributed by atoms with Crippen molar-refractivity contribution in [2.45, 2.75) is 38.5 Å². The van der Waals surface area contributed by atoms with Gasteiger partial charge in [-0.25, -0.2) is 9.37 Å². The van der Waals surface area contributed by atoms with E-state index in [-0.39, 0.29) is 6.10 Å². The number of ether oxygens (including phenoxy) is 1. The van der Waals surface area contributed by atoms with Crippen LogP contribution in [-0.2, 0) is 0 Å². The first-order chi connectivity index (χ1) is 8.92. The van der Waals surface area contributed by atoms with Gasteiger partial charge in [-0.05, 0) is 38.8 Å². The third kappa shape index (κ3) is 4.96. The van der Waals surface area contributed by atoms with Crippen LogP contribution in [0.2, 0.25) is 5.15 Å². The van der Waals surface area contributed by atoms with E-state index in [1.165, 1.54) is 0 Å². The normalized spacial score (nSPS) is 18.5. The summed E-state index contributed by atoms with van der Waals surface area (Å²) in [5, 5.41) is 0.465. The van der Waals surface area contributed by atoms with Crippen LogP contribution in [0.1, 0.15) is 26.7 Å². The maximum absolute atomic E-state index is 13.6. The third-order valence-electron chi connectivity index (χ3n) is 3.14. The number of likely N-dealkylation sites (tertiary alicyclic amines) is 1. The number of hydrogen-bond acceptors (Lipinski definition) is 3. The fourth-order valence-corrected chi connectivity index (χ4v) is 2.45. The summed E-state index contributed by atoms with van der Waals surface area (Å²) in [6.45, 7) is 5.48. The van der Waals surface area contributed by atoms with Gasteiger partial charge in [-0.3, -0.25) is 4.90 Å². The van der Waals surface area contributed by atoms with E-state index in [1.54, 1.807) is 26.1 Å². The van der Waals surface area contributed by atoms with Gasteiger partial charge in [0.2, 0.25) is 0 Å². The monoisotopic (exact) mass is 286 g/mol. The molecule has 106 valence electrons. The first-order valence-corrected chi connectivity index (χ1v) is 7.00. The van der Waals surface area contributed by atoms with Crippen LogP contribution in [0.3, 0.4) is 0 Å². The second-order valence-electron chi connectivity index (χ2n) is 5.63. The molecule has 1 fully saturated rings. The number of piperidine rings is 1. The van der Waals surface area contributed by atoms with E-state index in [1.807, 2.05) is 6.07 Å². The van der Waals surface area contributed by atoms with Gasteiger partial charge < -0.3 is 4.74 Å². The lowest BCUT2D eigenvalue weighted by Crippen LogP contribution is -2.43. The van der Waals surface area contributed by atoms with Crippen molar-refractivity contribution in [2.24, 2.45) is 0 Å². The Morgan fingerprint density at radius 3 is 2.63 bits per heavy atom. The minimum atomic E-state index is -1.13. The van der Waals surface area contributed by atoms with Crippen LogP contribution in [-0.4, -0.2) is 41.3 Å². The molecule has 3 nitrogen and oxygen atoms in total. The summed E-state index contributed by atoms with van der Waals surface area (Å²) < 4.78 is 19.4. The van der Waals surface area contributed by atoms with Crippen LogP contribution >= 0.6 is 11.6 Å². The lowest BCUT2D eigenvalue weighted by atomic mass is 10.0. The van der Waals surface area contributed by atoms with Gasteiger partial charge in [0.25, 0.3) is 0 Å². The molecule has 0 spiro atoms. The van der Waals surface area contributed by atoms with Gasteiger partial charge in [-0.1, -0.05) is 11.6 Å². The summed E-state index contributed by atoms with van der Waals surface area (Å²) in [4.78, 5) is 6.14. The average molecular weight is 287 g/mol. The molecule has 0 saturated carbocycles. The van der Waals surface area contributed by atoms with Gasteiger partial charge in [0.05, 0.1) is 6.20 Å². The fraction of sp³-hybridized carbons (Fsp3) is 0.643. The van der Waals surface area contributed by atoms with Crippen molar-refractivity contribution in [2.75, 3.05) is 19.6 Å². The number of pyridine rings is 1. The molecule has 0 amide bonds. The molecular weight excluding hydrogens is 267 g/mol. The van der Waals surface area contributed by atoms with Gasteiger partial charge in [0, 0.05) is 19.6 Å². The van der Waals surface area contributed by atoms with Gasteiger partial charge in [-0.15, -0.1) is 0 Å². The van der Waals surface area contributed by atoms with Gasteiger partial charge >= 0.3 is 0 Å². The zero-order valence-corrected chi connectivity index (χ0v) is 12.2. The SMILES string of the molecule is CC(C)(F)CN1CCC(Oc2ccc(Cl)nc2)CC1. The average Bonchev–Trinajstić information content (AvgIpc) is 2.33. The second kappa shape index (κ2) is 6.06. The molecule has 2 rings (SSSR count). The molecule has 1 aromatic rings. The van der Waals surface area contributed by atoms with E-state index in [4.69, 9.17) is 16.3 Å². The number of aromatic nitrogens is 1. The van der Waals surface area contributed by atoms with Crippen LogP contribution in [0.25, 0.3) is 0 Å². The van der Waals surface area contributed by atoms with E-state index in [0.717, 1.165) is 31.7 Å². The van der Waals surface area contributed by atoms with E-state index in [0.29, 0.717) is 11.7 Å². The summed E-state index contributed by atoms with van der Waals surface area (Å²) >= 11 is 5.73. The zero-order chi connectivity index (χ0) is 13.9. The van der Waals surface area contributed by atoms with E-state index in [9.17, 15) is 4.39 Å². The molecule has 2 heterocycles. The lowest BCUT2D eigenvalue weighted by Gasteiger charge is -2.34. The summed E-state index contributed by atoms with van der Waals surface area (Å²) in [5.74, 6) is 0.744. The topological polar surface area (TPSA) is 25.4 Å². The highest BCUT2D eigenvalue weighted by Crippen LogP contribution is 2.21. The molecule has 1 aromatic heterocycles. The van der Waals surface area contributed by atoms with Crippen molar-refractivity contribution in [3.8, 4) is 5.75 Å². The molecule has 0 aliphatic carbocycles. The molecule has 5 heteroatoms. The second-order valence-corrected chi connectivity index (χ2v) is 6.02. The molecule has 1 aliphatic heterocycles. The highest BCUT2D eigenvalue weighted by Gasteiger charge is 2.25. The smallest absolute Gasteiger partial charge is 0.138 e. The highest BCUT2D eigenvalue weighted by molar-refractivity contribution is 6.29. The van der Waals surface area contributed by atoms with Crippen molar-refractivity contribution in [3.05, 3.63) is 23.5 Å². The largest absolute Gasteiger partial charge is 0.489 e. The Labute approximate surface area is 118 Å². The quantitative estimate of drug-likeness (QED) is 0.794. The summed E-state index contributed by atoms with van der Waals surface area (Å²) in [5.41, 5.74) is -1.13. The minimum absolute atomic E-state index is 0.182. The van der Waals surface area contributed by atoms with Crippen molar-refractivity contribution in [1.82, 2.24) is 9.88 Å². The van der Waals surface area contributed by atoms with Gasteiger partial charge in [-0.2, -0.15) is 0 Å². The molecular formula is C14H20ClFN2O. The van der Waals surface area contributed by atoms with Crippen LogP contribution in [0.4, 0.5) is 4.39 Å². The van der Waals surface area contributed by atoms with E-state index in [2.05, 4.69) is 9.88 Å². The van der Waals surface area contributed by atoms with Gasteiger partial charge in [0.1, 0.15) is 22.7 Å². The zero-order valence-electron chi connectivity index (χ0n) is 11.4. The Bertz CT molecular complexity index is 397. The molecule has 1 saturated heterocycles. The van der Waals surface area contributed by atoms with Crippen molar-refractivity contribution < 1.29 is 9.13 Å². The van der Waals surface area contributed by atoms with Gasteiger partial charge in [0.15, 0.2) is 0 Å².